The third-order valence-corrected chi connectivity index (χ3v) is 2.62. The number of aromatic nitrogens is 1. The Balaban J connectivity index is 3.02. The highest BCUT2D eigenvalue weighted by atomic mass is 32.2. The van der Waals surface area contributed by atoms with Crippen LogP contribution in [-0.2, 0) is 17.1 Å². The Morgan fingerprint density at radius 1 is 1.50 bits per heavy atom. The van der Waals surface area contributed by atoms with Gasteiger partial charge >= 0.3 is 6.98 Å². The summed E-state index contributed by atoms with van der Waals surface area (Å²) in [7, 11) is -1.43. The van der Waals surface area contributed by atoms with Crippen LogP contribution in [0.5, 0.6) is 0 Å². The molecule has 1 unspecified atom stereocenters. The van der Waals surface area contributed by atoms with E-state index in [1.807, 2.05) is 0 Å². The number of nitrogens with zero attached hydrogens (tertiary/aromatic N) is 1. The molecule has 0 N–H and O–H groups in total. The number of rotatable bonds is 3. The van der Waals surface area contributed by atoms with Gasteiger partial charge in [-0.05, 0) is 6.07 Å². The van der Waals surface area contributed by atoms with E-state index in [9.17, 15) is 17.2 Å². The maximum atomic E-state index is 12.1. The molecule has 14 heavy (non-hydrogen) atoms. The van der Waals surface area contributed by atoms with Gasteiger partial charge in [0.05, 0.1) is 15.7 Å². The smallest absolute Gasteiger partial charge is 0.449 e. The van der Waals surface area contributed by atoms with Gasteiger partial charge in [0, 0.05) is 18.6 Å². The second-order valence-corrected chi connectivity index (χ2v) is 4.20. The molecule has 1 atom stereocenters. The summed E-state index contributed by atoms with van der Waals surface area (Å²) in [6.45, 7) is -4.89. The minimum atomic E-state index is -4.89. The minimum absolute atomic E-state index is 0.0494. The van der Waals surface area contributed by atoms with E-state index in [0.717, 1.165) is 0 Å². The fraction of sp³-hybridized carbons (Fsp3) is 0.286. The molecule has 1 heterocycles. The second-order valence-electron chi connectivity index (χ2n) is 2.85. The van der Waals surface area contributed by atoms with Crippen LogP contribution in [0.3, 0.4) is 0 Å². The van der Waals surface area contributed by atoms with Crippen LogP contribution in [0.25, 0.3) is 0 Å². The molecule has 78 valence electrons. The summed E-state index contributed by atoms with van der Waals surface area (Å²) < 4.78 is 47.4. The summed E-state index contributed by atoms with van der Waals surface area (Å²) in [5.74, 6) is 0. The lowest BCUT2D eigenvalue weighted by Gasteiger charge is -2.15. The Hall–Kier alpha value is -0.845. The first kappa shape index (κ1) is 11.2. The predicted octanol–water partition coefficient (Wildman–Crippen LogP) is 1.75. The predicted molar refractivity (Wildman–Crippen MR) is 49.4 cm³/mol. The summed E-state index contributed by atoms with van der Waals surface area (Å²) in [6.07, 6.45) is 2.82. The van der Waals surface area contributed by atoms with Gasteiger partial charge in [-0.15, -0.1) is 0 Å². The number of hydrogen-bond donors (Lipinski definition) is 0. The maximum absolute atomic E-state index is 12.1. The van der Waals surface area contributed by atoms with Gasteiger partial charge in [-0.25, -0.2) is 0 Å². The van der Waals surface area contributed by atoms with Crippen molar-refractivity contribution >= 4 is 17.8 Å². The Labute approximate surface area is 82.1 Å². The van der Waals surface area contributed by atoms with E-state index < -0.39 is 24.1 Å². The van der Waals surface area contributed by atoms with Gasteiger partial charge in [0.25, 0.3) is 0 Å². The SMILES string of the molecule is CS(=O)c1cnccc1C[B-](F)(F)F. The van der Waals surface area contributed by atoms with Crippen LogP contribution in [0.4, 0.5) is 12.9 Å². The number of pyridine rings is 1. The summed E-state index contributed by atoms with van der Waals surface area (Å²) in [4.78, 5) is 3.80. The number of hydrogen-bond acceptors (Lipinski definition) is 2. The van der Waals surface area contributed by atoms with Gasteiger partial charge in [0.2, 0.25) is 0 Å². The van der Waals surface area contributed by atoms with Crippen LogP contribution in [0.1, 0.15) is 5.56 Å². The molecular formula is C7H8BF3NOS-. The van der Waals surface area contributed by atoms with Crippen molar-refractivity contribution in [3.05, 3.63) is 24.0 Å². The zero-order valence-electron chi connectivity index (χ0n) is 7.41. The summed E-state index contributed by atoms with van der Waals surface area (Å²) in [5.41, 5.74) is 0.0494. The van der Waals surface area contributed by atoms with Crippen molar-refractivity contribution in [3.63, 3.8) is 0 Å². The Bertz CT molecular complexity index is 355. The van der Waals surface area contributed by atoms with Crippen molar-refractivity contribution in [2.75, 3.05) is 6.26 Å². The van der Waals surface area contributed by atoms with Crippen molar-refractivity contribution in [3.8, 4) is 0 Å². The molecule has 0 aromatic carbocycles. The lowest BCUT2D eigenvalue weighted by atomic mass is 9.82. The van der Waals surface area contributed by atoms with Crippen LogP contribution in [0.15, 0.2) is 23.4 Å². The molecule has 0 aliphatic rings. The van der Waals surface area contributed by atoms with Gasteiger partial charge in [0.1, 0.15) is 0 Å². The third-order valence-electron chi connectivity index (χ3n) is 1.63. The zero-order chi connectivity index (χ0) is 10.8. The first-order chi connectivity index (χ1) is 6.40. The van der Waals surface area contributed by atoms with E-state index >= 15 is 0 Å². The zero-order valence-corrected chi connectivity index (χ0v) is 8.23. The largest absolute Gasteiger partial charge is 0.482 e. The van der Waals surface area contributed by atoms with Crippen molar-refractivity contribution in [1.82, 2.24) is 4.98 Å². The van der Waals surface area contributed by atoms with Gasteiger partial charge < -0.3 is 12.9 Å². The average Bonchev–Trinajstić information content (AvgIpc) is 2.01. The molecule has 0 spiro atoms. The fourth-order valence-corrected chi connectivity index (χ4v) is 1.82. The van der Waals surface area contributed by atoms with E-state index in [-0.39, 0.29) is 10.5 Å². The maximum Gasteiger partial charge on any atom is 0.482 e. The summed E-state index contributed by atoms with van der Waals surface area (Å²) >= 11 is 0. The standard InChI is InChI=1S/C7H8BF3NOS/c1-14(13)7-5-12-3-2-6(7)4-8(9,10)11/h2-3,5H,4H2,1H3/q-1. The molecule has 2 nitrogen and oxygen atoms in total. The molecule has 0 amide bonds. The van der Waals surface area contributed by atoms with Crippen molar-refractivity contribution in [1.29, 1.82) is 0 Å². The van der Waals surface area contributed by atoms with Gasteiger partial charge in [-0.2, -0.15) is 0 Å². The highest BCUT2D eigenvalue weighted by Crippen LogP contribution is 2.20. The second kappa shape index (κ2) is 4.12. The van der Waals surface area contributed by atoms with Crippen LogP contribution in [0.2, 0.25) is 0 Å². The third kappa shape index (κ3) is 3.14. The Kier molecular flexibility index (Phi) is 3.31. The van der Waals surface area contributed by atoms with Crippen LogP contribution < -0.4 is 0 Å². The van der Waals surface area contributed by atoms with E-state index in [4.69, 9.17) is 0 Å². The monoisotopic (exact) mass is 222 g/mol. The molecular weight excluding hydrogens is 214 g/mol. The highest BCUT2D eigenvalue weighted by Gasteiger charge is 2.24. The molecule has 0 radical (unpaired) electrons. The molecule has 0 fully saturated rings. The van der Waals surface area contributed by atoms with E-state index in [1.54, 1.807) is 0 Å². The van der Waals surface area contributed by atoms with Crippen LogP contribution >= 0.6 is 0 Å². The highest BCUT2D eigenvalue weighted by molar-refractivity contribution is 7.84. The van der Waals surface area contributed by atoms with Crippen LogP contribution in [-0.4, -0.2) is 22.4 Å². The molecule has 1 aromatic heterocycles. The molecule has 0 bridgehead atoms. The lowest BCUT2D eigenvalue weighted by molar-refractivity contribution is 0.467. The molecule has 1 aromatic rings. The quantitative estimate of drug-likeness (QED) is 0.729. The minimum Gasteiger partial charge on any atom is -0.449 e. The van der Waals surface area contributed by atoms with Crippen molar-refractivity contribution < 1.29 is 17.2 Å². The van der Waals surface area contributed by atoms with Crippen LogP contribution in [0, 0.1) is 0 Å². The molecule has 0 saturated carbocycles. The van der Waals surface area contributed by atoms with E-state index in [1.165, 1.54) is 24.7 Å². The number of halogens is 3. The molecule has 0 aliphatic carbocycles. The fourth-order valence-electron chi connectivity index (χ4n) is 1.09. The van der Waals surface area contributed by atoms with E-state index in [2.05, 4.69) is 4.98 Å². The average molecular weight is 222 g/mol. The Morgan fingerprint density at radius 3 is 2.64 bits per heavy atom. The van der Waals surface area contributed by atoms with Crippen molar-refractivity contribution in [2.24, 2.45) is 0 Å². The molecule has 1 rings (SSSR count). The molecule has 0 saturated heterocycles. The molecule has 0 aliphatic heterocycles. The van der Waals surface area contributed by atoms with E-state index in [0.29, 0.717) is 0 Å². The first-order valence-corrected chi connectivity index (χ1v) is 5.43. The van der Waals surface area contributed by atoms with Gasteiger partial charge in [0.15, 0.2) is 0 Å². The van der Waals surface area contributed by atoms with Crippen molar-refractivity contribution in [2.45, 2.75) is 11.2 Å². The van der Waals surface area contributed by atoms with Gasteiger partial charge in [-0.1, -0.05) is 11.9 Å². The summed E-state index contributed by atoms with van der Waals surface area (Å²) in [6, 6.07) is 1.26. The molecule has 7 heteroatoms. The first-order valence-electron chi connectivity index (χ1n) is 3.87. The normalized spacial score (nSPS) is 14.0. The summed E-state index contributed by atoms with van der Waals surface area (Å²) in [5, 5.41) is 0. The van der Waals surface area contributed by atoms with Gasteiger partial charge in [-0.3, -0.25) is 9.19 Å². The lowest BCUT2D eigenvalue weighted by Crippen LogP contribution is -2.20. The topological polar surface area (TPSA) is 30.0 Å². The Morgan fingerprint density at radius 2 is 2.14 bits per heavy atom.